The van der Waals surface area contributed by atoms with E-state index >= 15 is 0 Å². The highest BCUT2D eigenvalue weighted by Crippen LogP contribution is 2.48. The van der Waals surface area contributed by atoms with E-state index in [2.05, 4.69) is 49.9 Å². The number of anilines is 1. The largest absolute Gasteiger partial charge is 0.363 e. The summed E-state index contributed by atoms with van der Waals surface area (Å²) in [7, 11) is 0. The number of piperidine rings is 2. The van der Waals surface area contributed by atoms with Crippen molar-refractivity contribution in [3.05, 3.63) is 29.8 Å². The maximum Gasteiger partial charge on any atom is 0.0402 e. The number of hydrogen-bond acceptors (Lipinski definition) is 1. The molecule has 2 aliphatic heterocycles. The molecule has 3 aliphatic rings. The van der Waals surface area contributed by atoms with E-state index in [0.717, 1.165) is 5.92 Å². The van der Waals surface area contributed by atoms with Crippen molar-refractivity contribution in [3.63, 3.8) is 0 Å². The van der Waals surface area contributed by atoms with Gasteiger partial charge in [-0.3, -0.25) is 0 Å². The molecule has 0 amide bonds. The number of para-hydroxylation sites is 1. The third-order valence-electron chi connectivity index (χ3n) is 5.15. The lowest BCUT2D eigenvalue weighted by Gasteiger charge is -2.58. The molecule has 17 heavy (non-hydrogen) atoms. The summed E-state index contributed by atoms with van der Waals surface area (Å²) in [4.78, 5) is 2.72. The first-order valence-corrected chi connectivity index (χ1v) is 6.97. The summed E-state index contributed by atoms with van der Waals surface area (Å²) >= 11 is 0. The molecule has 1 aromatic rings. The first-order valence-electron chi connectivity index (χ1n) is 6.97. The Bertz CT molecular complexity index is 415. The van der Waals surface area contributed by atoms with Crippen LogP contribution in [0.15, 0.2) is 24.3 Å². The summed E-state index contributed by atoms with van der Waals surface area (Å²) in [5.74, 6) is 0.913. The van der Waals surface area contributed by atoms with E-state index in [1.165, 1.54) is 36.9 Å². The second kappa shape index (κ2) is 3.76. The van der Waals surface area contributed by atoms with E-state index in [0.29, 0.717) is 11.6 Å². The lowest BCUT2D eigenvalue weighted by Crippen LogP contribution is -2.61. The van der Waals surface area contributed by atoms with E-state index in [9.17, 15) is 0 Å². The van der Waals surface area contributed by atoms with Gasteiger partial charge in [-0.2, -0.15) is 0 Å². The quantitative estimate of drug-likeness (QED) is 0.699. The van der Waals surface area contributed by atoms with Crippen LogP contribution < -0.4 is 4.90 Å². The standard InChI is InChI=1S/C16H23N/c1-12-6-4-5-7-15(12)17-13(2)14-8-10-16(17,3)11-9-14/h4-7,13-14H,8-11H2,1-3H3/t13-,14?,16?/m0/s1. The SMILES string of the molecule is Cc1ccccc1N1[C@@H](C)C2CCC1(C)CC2. The van der Waals surface area contributed by atoms with Crippen molar-refractivity contribution in [2.24, 2.45) is 5.92 Å². The highest BCUT2D eigenvalue weighted by atomic mass is 15.2. The molecule has 1 atom stereocenters. The van der Waals surface area contributed by atoms with Gasteiger partial charge in [-0.15, -0.1) is 0 Å². The number of benzene rings is 1. The number of aryl methyl sites for hydroxylation is 1. The van der Waals surface area contributed by atoms with E-state index in [4.69, 9.17) is 0 Å². The van der Waals surface area contributed by atoms with E-state index in [1.54, 1.807) is 0 Å². The predicted molar refractivity (Wildman–Crippen MR) is 73.5 cm³/mol. The van der Waals surface area contributed by atoms with Gasteiger partial charge in [0.2, 0.25) is 0 Å². The molecule has 2 saturated heterocycles. The van der Waals surface area contributed by atoms with Gasteiger partial charge in [-0.1, -0.05) is 18.2 Å². The normalized spacial score (nSPS) is 36.3. The van der Waals surface area contributed by atoms with Gasteiger partial charge in [0.25, 0.3) is 0 Å². The molecule has 1 nitrogen and oxygen atoms in total. The number of nitrogens with zero attached hydrogens (tertiary/aromatic N) is 1. The molecule has 3 fully saturated rings. The van der Waals surface area contributed by atoms with Crippen molar-refractivity contribution >= 4 is 5.69 Å². The Morgan fingerprint density at radius 3 is 2.41 bits per heavy atom. The Morgan fingerprint density at radius 1 is 1.18 bits per heavy atom. The van der Waals surface area contributed by atoms with Crippen LogP contribution in [0.2, 0.25) is 0 Å². The van der Waals surface area contributed by atoms with Crippen molar-refractivity contribution in [2.75, 3.05) is 4.90 Å². The summed E-state index contributed by atoms with van der Waals surface area (Å²) in [5, 5.41) is 0. The minimum atomic E-state index is 0.403. The molecule has 0 N–H and O–H groups in total. The third kappa shape index (κ3) is 1.59. The van der Waals surface area contributed by atoms with Gasteiger partial charge in [-0.25, -0.2) is 0 Å². The van der Waals surface area contributed by atoms with Crippen LogP contribution in [-0.2, 0) is 0 Å². The second-order valence-corrected chi connectivity index (χ2v) is 6.23. The van der Waals surface area contributed by atoms with Crippen LogP contribution >= 0.6 is 0 Å². The molecule has 1 heteroatoms. The highest BCUT2D eigenvalue weighted by molar-refractivity contribution is 5.57. The molecule has 1 saturated carbocycles. The molecule has 4 rings (SSSR count). The minimum Gasteiger partial charge on any atom is -0.363 e. The monoisotopic (exact) mass is 229 g/mol. The Kier molecular flexibility index (Phi) is 2.46. The maximum absolute atomic E-state index is 2.72. The number of hydrogen-bond donors (Lipinski definition) is 0. The predicted octanol–water partition coefficient (Wildman–Crippen LogP) is 4.15. The molecule has 2 bridgehead atoms. The highest BCUT2D eigenvalue weighted by Gasteiger charge is 2.47. The number of rotatable bonds is 1. The Balaban J connectivity index is 2.05. The van der Waals surface area contributed by atoms with Gasteiger partial charge >= 0.3 is 0 Å². The first-order chi connectivity index (χ1) is 8.12. The van der Waals surface area contributed by atoms with Crippen molar-refractivity contribution in [2.45, 2.75) is 58.0 Å². The van der Waals surface area contributed by atoms with Gasteiger partial charge in [0.1, 0.15) is 0 Å². The Hall–Kier alpha value is -0.980. The van der Waals surface area contributed by atoms with Crippen LogP contribution in [-0.4, -0.2) is 11.6 Å². The minimum absolute atomic E-state index is 0.403. The lowest BCUT2D eigenvalue weighted by molar-refractivity contribution is 0.134. The average molecular weight is 229 g/mol. The fourth-order valence-electron chi connectivity index (χ4n) is 4.03. The van der Waals surface area contributed by atoms with Crippen molar-refractivity contribution in [1.82, 2.24) is 0 Å². The third-order valence-corrected chi connectivity index (χ3v) is 5.15. The first kappa shape index (κ1) is 11.1. The Labute approximate surface area is 105 Å². The molecule has 0 radical (unpaired) electrons. The average Bonchev–Trinajstić information content (AvgIpc) is 2.31. The fraction of sp³-hybridized carbons (Fsp3) is 0.625. The van der Waals surface area contributed by atoms with Crippen LogP contribution in [0.5, 0.6) is 0 Å². The van der Waals surface area contributed by atoms with Gasteiger partial charge in [0.15, 0.2) is 0 Å². The second-order valence-electron chi connectivity index (χ2n) is 6.23. The van der Waals surface area contributed by atoms with Crippen molar-refractivity contribution in [3.8, 4) is 0 Å². The fourth-order valence-corrected chi connectivity index (χ4v) is 4.03. The van der Waals surface area contributed by atoms with Crippen LogP contribution in [0, 0.1) is 12.8 Å². The molecule has 0 spiro atoms. The van der Waals surface area contributed by atoms with Crippen LogP contribution in [0.3, 0.4) is 0 Å². The zero-order valence-corrected chi connectivity index (χ0v) is 11.2. The topological polar surface area (TPSA) is 3.24 Å². The zero-order valence-electron chi connectivity index (χ0n) is 11.2. The van der Waals surface area contributed by atoms with E-state index < -0.39 is 0 Å². The summed E-state index contributed by atoms with van der Waals surface area (Å²) < 4.78 is 0. The van der Waals surface area contributed by atoms with Gasteiger partial charge in [0.05, 0.1) is 0 Å². The maximum atomic E-state index is 2.72. The van der Waals surface area contributed by atoms with Gasteiger partial charge in [-0.05, 0) is 64.0 Å². The molecule has 0 aromatic heterocycles. The molecule has 0 unspecified atom stereocenters. The van der Waals surface area contributed by atoms with E-state index in [-0.39, 0.29) is 0 Å². The summed E-state index contributed by atoms with van der Waals surface area (Å²) in [5.41, 5.74) is 3.29. The molecular weight excluding hydrogens is 206 g/mol. The Morgan fingerprint density at radius 2 is 1.82 bits per heavy atom. The number of fused-ring (bicyclic) bond motifs is 3. The van der Waals surface area contributed by atoms with Crippen LogP contribution in [0.1, 0.15) is 45.1 Å². The lowest BCUT2D eigenvalue weighted by atomic mass is 9.67. The summed E-state index contributed by atoms with van der Waals surface area (Å²) in [6, 6.07) is 9.59. The van der Waals surface area contributed by atoms with E-state index in [1.807, 2.05) is 0 Å². The molecule has 92 valence electrons. The van der Waals surface area contributed by atoms with Gasteiger partial charge in [0, 0.05) is 17.3 Å². The van der Waals surface area contributed by atoms with Crippen LogP contribution in [0.4, 0.5) is 5.69 Å². The molecular formula is C16H23N. The molecule has 1 aromatic carbocycles. The van der Waals surface area contributed by atoms with Crippen LogP contribution in [0.25, 0.3) is 0 Å². The summed E-state index contributed by atoms with van der Waals surface area (Å²) in [6.07, 6.45) is 5.60. The molecule has 2 heterocycles. The smallest absolute Gasteiger partial charge is 0.0402 e. The zero-order chi connectivity index (χ0) is 12.0. The van der Waals surface area contributed by atoms with Crippen molar-refractivity contribution in [1.29, 1.82) is 0 Å². The summed E-state index contributed by atoms with van der Waals surface area (Å²) in [6.45, 7) is 7.13. The van der Waals surface area contributed by atoms with Gasteiger partial charge < -0.3 is 4.90 Å². The van der Waals surface area contributed by atoms with Crippen molar-refractivity contribution < 1.29 is 0 Å². The molecule has 1 aliphatic carbocycles.